The number of hydrogen-bond donors (Lipinski definition) is 1. The van der Waals surface area contributed by atoms with Gasteiger partial charge in [-0.3, -0.25) is 14.9 Å². The highest BCUT2D eigenvalue weighted by molar-refractivity contribution is 7.14. The number of ketones is 1. The number of non-ortho nitro benzene ring substituents is 1. The Kier molecular flexibility index (Phi) is 5.39. The number of fused-ring (bicyclic) bond motifs is 1. The van der Waals surface area contributed by atoms with Crippen LogP contribution in [0.25, 0.3) is 11.3 Å². The molecule has 2 heterocycles. The van der Waals surface area contributed by atoms with E-state index in [1.807, 2.05) is 23.6 Å². The number of Topliss-reactive ketones (excluding diaryl/α,β-unsaturated/α-hetero) is 1. The molecular weight excluding hydrogens is 394 g/mol. The maximum atomic E-state index is 12.3. The Bertz CT molecular complexity index is 1070. The number of rotatable bonds is 6. The highest BCUT2D eigenvalue weighted by Crippen LogP contribution is 2.35. The van der Waals surface area contributed by atoms with Gasteiger partial charge in [0.05, 0.1) is 30.4 Å². The van der Waals surface area contributed by atoms with Crippen molar-refractivity contribution in [1.29, 1.82) is 0 Å². The van der Waals surface area contributed by atoms with Gasteiger partial charge in [0.25, 0.3) is 5.69 Å². The predicted octanol–water partition coefficient (Wildman–Crippen LogP) is 4.17. The van der Waals surface area contributed by atoms with Gasteiger partial charge in [0, 0.05) is 35.1 Å². The molecule has 0 aliphatic carbocycles. The third-order valence-electron chi connectivity index (χ3n) is 4.33. The largest absolute Gasteiger partial charge is 0.490 e. The number of nitrogens with one attached hydrogen (secondary N) is 1. The van der Waals surface area contributed by atoms with Crippen LogP contribution in [-0.2, 0) is 0 Å². The molecule has 148 valence electrons. The molecule has 0 spiro atoms. The summed E-state index contributed by atoms with van der Waals surface area (Å²) in [5, 5.41) is 16.3. The van der Waals surface area contributed by atoms with Crippen LogP contribution in [0.5, 0.6) is 11.5 Å². The second-order valence-corrected chi connectivity index (χ2v) is 7.19. The molecule has 1 N–H and O–H groups in total. The van der Waals surface area contributed by atoms with Gasteiger partial charge in [-0.05, 0) is 18.2 Å². The van der Waals surface area contributed by atoms with Crippen molar-refractivity contribution >= 4 is 27.9 Å². The minimum atomic E-state index is -0.521. The van der Waals surface area contributed by atoms with E-state index in [4.69, 9.17) is 9.47 Å². The van der Waals surface area contributed by atoms with E-state index in [1.165, 1.54) is 29.5 Å². The third-order valence-corrected chi connectivity index (χ3v) is 5.13. The van der Waals surface area contributed by atoms with Crippen LogP contribution in [0, 0.1) is 10.1 Å². The van der Waals surface area contributed by atoms with Crippen molar-refractivity contribution in [3.8, 4) is 22.8 Å². The molecule has 0 atom stereocenters. The van der Waals surface area contributed by atoms with E-state index < -0.39 is 4.92 Å². The van der Waals surface area contributed by atoms with Crippen molar-refractivity contribution in [2.75, 3.05) is 25.1 Å². The van der Waals surface area contributed by atoms with E-state index in [2.05, 4.69) is 10.3 Å². The predicted molar refractivity (Wildman–Crippen MR) is 109 cm³/mol. The highest BCUT2D eigenvalue weighted by atomic mass is 32.1. The van der Waals surface area contributed by atoms with Gasteiger partial charge in [0.15, 0.2) is 22.4 Å². The summed E-state index contributed by atoms with van der Waals surface area (Å²) in [5.41, 5.74) is 1.83. The fraction of sp³-hybridized carbons (Fsp3) is 0.200. The first kappa shape index (κ1) is 18.9. The second-order valence-electron chi connectivity index (χ2n) is 6.33. The summed E-state index contributed by atoms with van der Waals surface area (Å²) in [6.07, 6.45) is 0.841. The lowest BCUT2D eigenvalue weighted by Gasteiger charge is -2.08. The molecule has 0 unspecified atom stereocenters. The van der Waals surface area contributed by atoms with Crippen molar-refractivity contribution in [2.24, 2.45) is 0 Å². The first-order valence-corrected chi connectivity index (χ1v) is 9.85. The van der Waals surface area contributed by atoms with Gasteiger partial charge in [0.1, 0.15) is 0 Å². The lowest BCUT2D eigenvalue weighted by atomic mass is 10.1. The summed E-state index contributed by atoms with van der Waals surface area (Å²) in [6.45, 7) is 1.24. The van der Waals surface area contributed by atoms with Crippen LogP contribution in [0.4, 0.5) is 10.8 Å². The number of ether oxygens (including phenoxy) is 2. The fourth-order valence-corrected chi connectivity index (χ4v) is 3.58. The zero-order chi connectivity index (χ0) is 20.2. The molecule has 4 rings (SSSR count). The van der Waals surface area contributed by atoms with Crippen LogP contribution < -0.4 is 14.8 Å². The zero-order valence-corrected chi connectivity index (χ0v) is 16.1. The lowest BCUT2D eigenvalue weighted by molar-refractivity contribution is -0.384. The number of aromatic nitrogens is 1. The SMILES string of the molecule is O=C(CNc1nc(-c2ccc3c(c2)OCCCO3)cs1)c1cccc([N+](=O)[O-])c1. The van der Waals surface area contributed by atoms with Crippen molar-refractivity contribution < 1.29 is 19.2 Å². The molecule has 0 amide bonds. The summed E-state index contributed by atoms with van der Waals surface area (Å²) in [4.78, 5) is 27.2. The summed E-state index contributed by atoms with van der Waals surface area (Å²) in [6, 6.07) is 11.4. The molecule has 0 fully saturated rings. The fourth-order valence-electron chi connectivity index (χ4n) is 2.86. The highest BCUT2D eigenvalue weighted by Gasteiger charge is 2.14. The van der Waals surface area contributed by atoms with Crippen molar-refractivity contribution in [3.63, 3.8) is 0 Å². The molecule has 0 radical (unpaired) electrons. The summed E-state index contributed by atoms with van der Waals surface area (Å²) in [5.74, 6) is 1.17. The summed E-state index contributed by atoms with van der Waals surface area (Å²) < 4.78 is 11.4. The first-order valence-electron chi connectivity index (χ1n) is 8.97. The molecule has 1 aromatic heterocycles. The van der Waals surface area contributed by atoms with Gasteiger partial charge in [-0.2, -0.15) is 0 Å². The number of anilines is 1. The third kappa shape index (κ3) is 4.35. The molecular formula is C20H17N3O5S. The van der Waals surface area contributed by atoms with Gasteiger partial charge in [-0.25, -0.2) is 4.98 Å². The monoisotopic (exact) mass is 411 g/mol. The van der Waals surface area contributed by atoms with E-state index in [0.29, 0.717) is 24.1 Å². The topological polar surface area (TPSA) is 104 Å². The van der Waals surface area contributed by atoms with Gasteiger partial charge in [-0.1, -0.05) is 12.1 Å². The van der Waals surface area contributed by atoms with Crippen molar-refractivity contribution in [1.82, 2.24) is 4.98 Å². The Balaban J connectivity index is 1.43. The Labute approximate surface area is 170 Å². The van der Waals surface area contributed by atoms with Crippen LogP contribution in [0.15, 0.2) is 47.8 Å². The molecule has 3 aromatic rings. The van der Waals surface area contributed by atoms with Gasteiger partial charge in [-0.15, -0.1) is 11.3 Å². The van der Waals surface area contributed by atoms with E-state index in [1.54, 1.807) is 6.07 Å². The molecule has 0 bridgehead atoms. The van der Waals surface area contributed by atoms with Crippen LogP contribution in [0.2, 0.25) is 0 Å². The van der Waals surface area contributed by atoms with Gasteiger partial charge in [0.2, 0.25) is 0 Å². The van der Waals surface area contributed by atoms with Crippen molar-refractivity contribution in [2.45, 2.75) is 6.42 Å². The van der Waals surface area contributed by atoms with Crippen LogP contribution in [-0.4, -0.2) is 35.4 Å². The van der Waals surface area contributed by atoms with Crippen molar-refractivity contribution in [3.05, 3.63) is 63.5 Å². The normalized spacial score (nSPS) is 12.8. The Morgan fingerprint density at radius 3 is 2.83 bits per heavy atom. The van der Waals surface area contributed by atoms with E-state index in [0.717, 1.165) is 23.4 Å². The Morgan fingerprint density at radius 2 is 2.00 bits per heavy atom. The zero-order valence-electron chi connectivity index (χ0n) is 15.3. The smallest absolute Gasteiger partial charge is 0.270 e. The minimum Gasteiger partial charge on any atom is -0.490 e. The van der Waals surface area contributed by atoms with Crippen LogP contribution in [0.1, 0.15) is 16.8 Å². The molecule has 2 aromatic carbocycles. The van der Waals surface area contributed by atoms with E-state index in [9.17, 15) is 14.9 Å². The number of carbonyl (C=O) groups excluding carboxylic acids is 1. The molecule has 29 heavy (non-hydrogen) atoms. The van der Waals surface area contributed by atoms with E-state index in [-0.39, 0.29) is 23.6 Å². The molecule has 1 aliphatic rings. The number of thiazole rings is 1. The number of carbonyl (C=O) groups is 1. The molecule has 8 nitrogen and oxygen atoms in total. The van der Waals surface area contributed by atoms with E-state index >= 15 is 0 Å². The average molecular weight is 411 g/mol. The maximum Gasteiger partial charge on any atom is 0.270 e. The molecule has 0 saturated heterocycles. The molecule has 9 heteroatoms. The number of benzene rings is 2. The van der Waals surface area contributed by atoms with Gasteiger partial charge < -0.3 is 14.8 Å². The minimum absolute atomic E-state index is 0.00470. The van der Waals surface area contributed by atoms with Crippen LogP contribution in [0.3, 0.4) is 0 Å². The van der Waals surface area contributed by atoms with Crippen LogP contribution >= 0.6 is 11.3 Å². The summed E-state index contributed by atoms with van der Waals surface area (Å²) in [7, 11) is 0. The number of hydrogen-bond acceptors (Lipinski definition) is 8. The first-order chi connectivity index (χ1) is 14.1. The summed E-state index contributed by atoms with van der Waals surface area (Å²) >= 11 is 1.38. The second kappa shape index (κ2) is 8.27. The Hall–Kier alpha value is -3.46. The molecule has 1 aliphatic heterocycles. The average Bonchev–Trinajstić information content (AvgIpc) is 3.09. The van der Waals surface area contributed by atoms with Gasteiger partial charge >= 0.3 is 0 Å². The standard InChI is InChI=1S/C20H17N3O5S/c24-17(14-3-1-4-15(9-14)23(25)26)11-21-20-22-16(12-29-20)13-5-6-18-19(10-13)28-8-2-7-27-18/h1,3-6,9-10,12H,2,7-8,11H2,(H,21,22). The molecule has 0 saturated carbocycles. The lowest BCUT2D eigenvalue weighted by Crippen LogP contribution is -2.14. The number of nitrogens with zero attached hydrogens (tertiary/aromatic N) is 2. The number of nitro benzene ring substituents is 1. The quantitative estimate of drug-likeness (QED) is 0.369. The number of nitro groups is 1. The Morgan fingerprint density at radius 1 is 1.17 bits per heavy atom. The maximum absolute atomic E-state index is 12.3.